The zero-order valence-electron chi connectivity index (χ0n) is 7.67. The Labute approximate surface area is 72.8 Å². The third kappa shape index (κ3) is 1.09. The van der Waals surface area contributed by atoms with E-state index in [1.807, 2.05) is 6.20 Å². The van der Waals surface area contributed by atoms with Gasteiger partial charge in [0.2, 0.25) is 0 Å². The van der Waals surface area contributed by atoms with Crippen molar-refractivity contribution in [3.8, 4) is 0 Å². The van der Waals surface area contributed by atoms with Gasteiger partial charge in [0.1, 0.15) is 5.82 Å². The van der Waals surface area contributed by atoms with Crippen molar-refractivity contribution in [1.29, 1.82) is 0 Å². The molecule has 0 saturated heterocycles. The van der Waals surface area contributed by atoms with Gasteiger partial charge in [-0.15, -0.1) is 0 Å². The average molecular weight is 165 g/mol. The zero-order valence-corrected chi connectivity index (χ0v) is 7.67. The summed E-state index contributed by atoms with van der Waals surface area (Å²) in [7, 11) is 0. The van der Waals surface area contributed by atoms with Crippen molar-refractivity contribution in [1.82, 2.24) is 9.78 Å². The van der Waals surface area contributed by atoms with Crippen LogP contribution >= 0.6 is 0 Å². The molecule has 12 heavy (non-hydrogen) atoms. The standard InChI is InChI=1S/C9H15N3/c1-7(2)8-6-11-12-5-3-4-10-9(8)12/h6-7,10H,3-5H2,1-2H3. The van der Waals surface area contributed by atoms with Gasteiger partial charge in [0.15, 0.2) is 0 Å². The minimum Gasteiger partial charge on any atom is -0.370 e. The molecule has 1 aliphatic rings. The summed E-state index contributed by atoms with van der Waals surface area (Å²) in [6.07, 6.45) is 3.17. The van der Waals surface area contributed by atoms with Crippen LogP contribution in [0.1, 0.15) is 31.7 Å². The Hall–Kier alpha value is -0.990. The maximum Gasteiger partial charge on any atom is 0.127 e. The summed E-state index contributed by atoms with van der Waals surface area (Å²) in [6, 6.07) is 0. The van der Waals surface area contributed by atoms with Crippen molar-refractivity contribution < 1.29 is 0 Å². The number of hydrogen-bond acceptors (Lipinski definition) is 2. The highest BCUT2D eigenvalue weighted by atomic mass is 15.3. The minimum atomic E-state index is 0.569. The maximum atomic E-state index is 4.33. The molecule has 1 aromatic heterocycles. The molecule has 0 fully saturated rings. The van der Waals surface area contributed by atoms with Crippen LogP contribution in [0.2, 0.25) is 0 Å². The van der Waals surface area contributed by atoms with Crippen LogP contribution in [0.25, 0.3) is 0 Å². The lowest BCUT2D eigenvalue weighted by atomic mass is 10.1. The van der Waals surface area contributed by atoms with Gasteiger partial charge in [-0.25, -0.2) is 4.68 Å². The molecule has 1 aliphatic heterocycles. The molecular formula is C9H15N3. The van der Waals surface area contributed by atoms with Crippen molar-refractivity contribution in [2.24, 2.45) is 0 Å². The van der Waals surface area contributed by atoms with Gasteiger partial charge < -0.3 is 5.32 Å². The minimum absolute atomic E-state index is 0.569. The van der Waals surface area contributed by atoms with Crippen LogP contribution in [0.5, 0.6) is 0 Å². The highest BCUT2D eigenvalue weighted by Crippen LogP contribution is 2.25. The summed E-state index contributed by atoms with van der Waals surface area (Å²) in [5.41, 5.74) is 1.34. The lowest BCUT2D eigenvalue weighted by Crippen LogP contribution is -2.18. The van der Waals surface area contributed by atoms with Gasteiger partial charge in [-0.2, -0.15) is 5.10 Å². The van der Waals surface area contributed by atoms with Gasteiger partial charge in [-0.3, -0.25) is 0 Å². The number of aryl methyl sites for hydroxylation is 1. The van der Waals surface area contributed by atoms with Crippen LogP contribution in [-0.2, 0) is 6.54 Å². The fraction of sp³-hybridized carbons (Fsp3) is 0.667. The first-order valence-electron chi connectivity index (χ1n) is 4.58. The Kier molecular flexibility index (Phi) is 1.79. The van der Waals surface area contributed by atoms with Gasteiger partial charge in [0.05, 0.1) is 6.20 Å². The second-order valence-corrected chi connectivity index (χ2v) is 3.61. The molecule has 0 saturated carbocycles. The summed E-state index contributed by atoms with van der Waals surface area (Å²) < 4.78 is 2.07. The zero-order chi connectivity index (χ0) is 8.55. The maximum absolute atomic E-state index is 4.33. The number of aromatic nitrogens is 2. The highest BCUT2D eigenvalue weighted by molar-refractivity contribution is 5.46. The van der Waals surface area contributed by atoms with Crippen LogP contribution in [0, 0.1) is 0 Å². The smallest absolute Gasteiger partial charge is 0.127 e. The van der Waals surface area contributed by atoms with E-state index in [0.717, 1.165) is 13.1 Å². The average Bonchev–Trinajstić information content (AvgIpc) is 2.47. The number of rotatable bonds is 1. The number of anilines is 1. The summed E-state index contributed by atoms with van der Waals surface area (Å²) in [5.74, 6) is 1.80. The number of fused-ring (bicyclic) bond motifs is 1. The Bertz CT molecular complexity index is 275. The summed E-state index contributed by atoms with van der Waals surface area (Å²) in [6.45, 7) is 6.56. The molecule has 1 N–H and O–H groups in total. The number of nitrogens with one attached hydrogen (secondary N) is 1. The van der Waals surface area contributed by atoms with E-state index in [9.17, 15) is 0 Å². The number of hydrogen-bond donors (Lipinski definition) is 1. The molecule has 2 heterocycles. The van der Waals surface area contributed by atoms with E-state index in [0.29, 0.717) is 5.92 Å². The van der Waals surface area contributed by atoms with Crippen molar-refractivity contribution >= 4 is 5.82 Å². The van der Waals surface area contributed by atoms with Crippen LogP contribution in [0.15, 0.2) is 6.20 Å². The van der Waals surface area contributed by atoms with E-state index >= 15 is 0 Å². The third-order valence-electron chi connectivity index (χ3n) is 2.33. The highest BCUT2D eigenvalue weighted by Gasteiger charge is 2.15. The molecule has 0 spiro atoms. The first-order valence-corrected chi connectivity index (χ1v) is 4.58. The van der Waals surface area contributed by atoms with E-state index in [2.05, 4.69) is 28.9 Å². The molecular weight excluding hydrogens is 150 g/mol. The van der Waals surface area contributed by atoms with Gasteiger partial charge >= 0.3 is 0 Å². The predicted molar refractivity (Wildman–Crippen MR) is 49.4 cm³/mol. The van der Waals surface area contributed by atoms with E-state index in [-0.39, 0.29) is 0 Å². The van der Waals surface area contributed by atoms with Crippen LogP contribution in [0.4, 0.5) is 5.82 Å². The fourth-order valence-corrected chi connectivity index (χ4v) is 1.62. The van der Waals surface area contributed by atoms with Crippen LogP contribution in [0.3, 0.4) is 0 Å². The third-order valence-corrected chi connectivity index (χ3v) is 2.33. The van der Waals surface area contributed by atoms with Gasteiger partial charge in [-0.1, -0.05) is 13.8 Å². The van der Waals surface area contributed by atoms with Crippen LogP contribution < -0.4 is 5.32 Å². The fourth-order valence-electron chi connectivity index (χ4n) is 1.62. The molecule has 1 aromatic rings. The monoisotopic (exact) mass is 165 g/mol. The quantitative estimate of drug-likeness (QED) is 0.688. The predicted octanol–water partition coefficient (Wildman–Crippen LogP) is 1.82. The molecule has 0 bridgehead atoms. The molecule has 0 amide bonds. The molecule has 3 nitrogen and oxygen atoms in total. The first kappa shape index (κ1) is 7.65. The SMILES string of the molecule is CC(C)c1cnn2c1NCCC2. The topological polar surface area (TPSA) is 29.9 Å². The lowest BCUT2D eigenvalue weighted by molar-refractivity contribution is 0.566. The Morgan fingerprint density at radius 1 is 1.58 bits per heavy atom. The Morgan fingerprint density at radius 2 is 2.42 bits per heavy atom. The van der Waals surface area contributed by atoms with Crippen molar-refractivity contribution in [2.45, 2.75) is 32.7 Å². The molecule has 3 heteroatoms. The summed E-state index contributed by atoms with van der Waals surface area (Å²) >= 11 is 0. The largest absolute Gasteiger partial charge is 0.370 e. The molecule has 0 atom stereocenters. The summed E-state index contributed by atoms with van der Waals surface area (Å²) in [4.78, 5) is 0. The van der Waals surface area contributed by atoms with Crippen LogP contribution in [-0.4, -0.2) is 16.3 Å². The molecule has 2 rings (SSSR count). The first-order chi connectivity index (χ1) is 5.79. The lowest BCUT2D eigenvalue weighted by Gasteiger charge is -2.17. The van der Waals surface area contributed by atoms with E-state index in [1.54, 1.807) is 0 Å². The molecule has 0 radical (unpaired) electrons. The Morgan fingerprint density at radius 3 is 3.17 bits per heavy atom. The van der Waals surface area contributed by atoms with E-state index in [1.165, 1.54) is 17.8 Å². The van der Waals surface area contributed by atoms with Gasteiger partial charge in [0, 0.05) is 18.7 Å². The summed E-state index contributed by atoms with van der Waals surface area (Å²) in [5, 5.41) is 7.73. The second-order valence-electron chi connectivity index (χ2n) is 3.61. The van der Waals surface area contributed by atoms with Crippen molar-refractivity contribution in [3.05, 3.63) is 11.8 Å². The molecule has 66 valence electrons. The van der Waals surface area contributed by atoms with Gasteiger partial charge in [0.25, 0.3) is 0 Å². The van der Waals surface area contributed by atoms with E-state index < -0.39 is 0 Å². The molecule has 0 unspecified atom stereocenters. The normalized spacial score (nSPS) is 15.9. The van der Waals surface area contributed by atoms with E-state index in [4.69, 9.17) is 0 Å². The Balaban J connectivity index is 2.38. The second kappa shape index (κ2) is 2.81. The van der Waals surface area contributed by atoms with Crippen molar-refractivity contribution in [3.63, 3.8) is 0 Å². The molecule has 0 aromatic carbocycles. The van der Waals surface area contributed by atoms with Gasteiger partial charge in [-0.05, 0) is 12.3 Å². The molecule has 0 aliphatic carbocycles. The number of nitrogens with zero attached hydrogens (tertiary/aromatic N) is 2. The van der Waals surface area contributed by atoms with Crippen molar-refractivity contribution in [2.75, 3.05) is 11.9 Å².